The number of carboxylic acids is 1. The molecule has 0 bridgehead atoms. The number of fused-ring (bicyclic) bond motifs is 1. The predicted octanol–water partition coefficient (Wildman–Crippen LogP) is -1.54. The first-order valence-electron chi connectivity index (χ1n) is 6.03. The number of rotatable bonds is 6. The monoisotopic (exact) mass is 315 g/mol. The number of sulfonamides is 1. The minimum atomic E-state index is -3.36. The van der Waals surface area contributed by atoms with Gasteiger partial charge in [-0.05, 0) is 23.2 Å². The molecule has 1 unspecified atom stereocenters. The zero-order valence-corrected chi connectivity index (χ0v) is 12.0. The topological polar surface area (TPSA) is 122 Å². The first-order chi connectivity index (χ1) is 9.76. The van der Waals surface area contributed by atoms with Crippen molar-refractivity contribution in [2.75, 3.05) is 19.4 Å². The summed E-state index contributed by atoms with van der Waals surface area (Å²) in [6.45, 7) is -0.493. The molecule has 21 heavy (non-hydrogen) atoms. The van der Waals surface area contributed by atoms with E-state index in [1.807, 2.05) is 0 Å². The summed E-state index contributed by atoms with van der Waals surface area (Å²) in [4.78, 5) is 10.4. The van der Waals surface area contributed by atoms with Crippen LogP contribution in [0.2, 0.25) is 0 Å². The van der Waals surface area contributed by atoms with Gasteiger partial charge in [0.15, 0.2) is 6.61 Å². The second kappa shape index (κ2) is 6.02. The Hall–Kier alpha value is -1.62. The summed E-state index contributed by atoms with van der Waals surface area (Å²) >= 11 is 0. The third kappa shape index (κ3) is 4.17. The predicted molar refractivity (Wildman–Crippen MR) is 73.9 cm³/mol. The molecular formula is C11H14BNO7S. The molecule has 1 atom stereocenters. The van der Waals surface area contributed by atoms with Crippen LogP contribution in [-0.2, 0) is 19.5 Å². The van der Waals surface area contributed by atoms with Crippen molar-refractivity contribution in [3.05, 3.63) is 23.8 Å². The van der Waals surface area contributed by atoms with Crippen LogP contribution in [0.3, 0.4) is 0 Å². The third-order valence-corrected chi connectivity index (χ3v) is 3.55. The largest absolute Gasteiger partial charge is 0.492 e. The SMILES string of the molecule is CS(=O)(=O)NCC1OB(O)c2cc(OCC(=O)O)ccc21. The molecule has 0 spiro atoms. The number of hydrogen-bond acceptors (Lipinski definition) is 6. The van der Waals surface area contributed by atoms with Crippen molar-refractivity contribution in [3.8, 4) is 5.75 Å². The summed E-state index contributed by atoms with van der Waals surface area (Å²) < 4.78 is 34.7. The van der Waals surface area contributed by atoms with Crippen molar-refractivity contribution in [2.45, 2.75) is 6.10 Å². The Kier molecular flexibility index (Phi) is 4.52. The molecule has 1 aromatic rings. The lowest BCUT2D eigenvalue weighted by Gasteiger charge is -2.12. The molecular weight excluding hydrogens is 301 g/mol. The van der Waals surface area contributed by atoms with Crippen LogP contribution in [-0.4, -0.2) is 51.0 Å². The van der Waals surface area contributed by atoms with Crippen molar-refractivity contribution >= 4 is 28.6 Å². The number of carboxylic acid groups (broad SMARTS) is 1. The average Bonchev–Trinajstić information content (AvgIpc) is 2.70. The summed E-state index contributed by atoms with van der Waals surface area (Å²) in [6.07, 6.45) is 0.417. The molecule has 1 aliphatic rings. The van der Waals surface area contributed by atoms with Crippen molar-refractivity contribution in [3.63, 3.8) is 0 Å². The highest BCUT2D eigenvalue weighted by molar-refractivity contribution is 7.88. The van der Waals surface area contributed by atoms with Gasteiger partial charge in [0.1, 0.15) is 5.75 Å². The number of ether oxygens (including phenoxy) is 1. The van der Waals surface area contributed by atoms with Crippen molar-refractivity contribution in [1.29, 1.82) is 0 Å². The molecule has 8 nitrogen and oxygen atoms in total. The number of aliphatic carboxylic acids is 1. The van der Waals surface area contributed by atoms with Crippen LogP contribution in [0.15, 0.2) is 18.2 Å². The zero-order chi connectivity index (χ0) is 15.6. The maximum Gasteiger partial charge on any atom is 0.492 e. The molecule has 0 fully saturated rings. The Morgan fingerprint density at radius 2 is 2.24 bits per heavy atom. The molecule has 10 heteroatoms. The Morgan fingerprint density at radius 1 is 1.52 bits per heavy atom. The molecule has 1 aliphatic heterocycles. The van der Waals surface area contributed by atoms with E-state index in [0.29, 0.717) is 11.0 Å². The van der Waals surface area contributed by atoms with Gasteiger partial charge in [0, 0.05) is 6.54 Å². The maximum atomic E-state index is 11.1. The summed E-state index contributed by atoms with van der Waals surface area (Å²) in [5.41, 5.74) is 1.06. The van der Waals surface area contributed by atoms with E-state index in [1.54, 1.807) is 6.07 Å². The van der Waals surface area contributed by atoms with E-state index in [0.717, 1.165) is 6.26 Å². The summed E-state index contributed by atoms with van der Waals surface area (Å²) in [5, 5.41) is 18.4. The van der Waals surface area contributed by atoms with Gasteiger partial charge in [-0.15, -0.1) is 0 Å². The van der Waals surface area contributed by atoms with Gasteiger partial charge in [0.05, 0.1) is 12.4 Å². The second-order valence-corrected chi connectivity index (χ2v) is 6.40. The Labute approximate surface area is 121 Å². The fourth-order valence-corrected chi connectivity index (χ4v) is 2.44. The van der Waals surface area contributed by atoms with E-state index < -0.39 is 35.8 Å². The van der Waals surface area contributed by atoms with Crippen molar-refractivity contribution in [1.82, 2.24) is 4.72 Å². The molecule has 0 aromatic heterocycles. The lowest BCUT2D eigenvalue weighted by molar-refractivity contribution is -0.139. The van der Waals surface area contributed by atoms with E-state index in [1.165, 1.54) is 12.1 Å². The summed E-state index contributed by atoms with van der Waals surface area (Å²) in [6, 6.07) is 4.62. The van der Waals surface area contributed by atoms with E-state index in [-0.39, 0.29) is 12.3 Å². The minimum Gasteiger partial charge on any atom is -0.482 e. The number of benzene rings is 1. The number of carbonyl (C=O) groups is 1. The minimum absolute atomic E-state index is 0.00176. The molecule has 0 amide bonds. The Balaban J connectivity index is 2.13. The standard InChI is InChI=1S/C11H14BNO7S/c1-21(17,18)13-5-10-8-3-2-7(19-6-11(14)15)4-9(8)12(16)20-10/h2-4,10,13,16H,5-6H2,1H3,(H,14,15). The van der Waals surface area contributed by atoms with Crippen LogP contribution in [0.4, 0.5) is 0 Å². The maximum absolute atomic E-state index is 11.1. The van der Waals surface area contributed by atoms with Gasteiger partial charge in [-0.2, -0.15) is 0 Å². The highest BCUT2D eigenvalue weighted by Crippen LogP contribution is 2.25. The van der Waals surface area contributed by atoms with Gasteiger partial charge < -0.3 is 19.5 Å². The smallest absolute Gasteiger partial charge is 0.482 e. The molecule has 1 heterocycles. The molecule has 0 radical (unpaired) electrons. The van der Waals surface area contributed by atoms with Gasteiger partial charge in [0.2, 0.25) is 10.0 Å². The van der Waals surface area contributed by atoms with Crippen LogP contribution >= 0.6 is 0 Å². The van der Waals surface area contributed by atoms with E-state index in [9.17, 15) is 18.2 Å². The molecule has 0 saturated heterocycles. The highest BCUT2D eigenvalue weighted by Gasteiger charge is 2.35. The second-order valence-electron chi connectivity index (χ2n) is 4.57. The summed E-state index contributed by atoms with van der Waals surface area (Å²) in [5.74, 6) is -0.821. The van der Waals surface area contributed by atoms with Crippen LogP contribution in [0.1, 0.15) is 11.7 Å². The number of hydrogen-bond donors (Lipinski definition) is 3. The van der Waals surface area contributed by atoms with Crippen LogP contribution < -0.4 is 14.9 Å². The molecule has 2 rings (SSSR count). The van der Waals surface area contributed by atoms with Gasteiger partial charge in [-0.1, -0.05) is 6.07 Å². The fourth-order valence-electron chi connectivity index (χ4n) is 1.98. The zero-order valence-electron chi connectivity index (χ0n) is 11.1. The first-order valence-corrected chi connectivity index (χ1v) is 7.92. The third-order valence-electron chi connectivity index (χ3n) is 2.86. The van der Waals surface area contributed by atoms with Gasteiger partial charge in [-0.3, -0.25) is 0 Å². The van der Waals surface area contributed by atoms with Gasteiger partial charge in [-0.25, -0.2) is 17.9 Å². The van der Waals surface area contributed by atoms with Gasteiger partial charge in [0.25, 0.3) is 0 Å². The molecule has 0 saturated carbocycles. The average molecular weight is 315 g/mol. The van der Waals surface area contributed by atoms with E-state index in [2.05, 4.69) is 4.72 Å². The van der Waals surface area contributed by atoms with E-state index >= 15 is 0 Å². The highest BCUT2D eigenvalue weighted by atomic mass is 32.2. The first kappa shape index (κ1) is 15.8. The molecule has 0 aliphatic carbocycles. The lowest BCUT2D eigenvalue weighted by Crippen LogP contribution is -2.29. The molecule has 3 N–H and O–H groups in total. The quantitative estimate of drug-likeness (QED) is 0.544. The van der Waals surface area contributed by atoms with Crippen molar-refractivity contribution < 1.29 is 32.7 Å². The van der Waals surface area contributed by atoms with Crippen molar-refractivity contribution in [2.24, 2.45) is 0 Å². The summed E-state index contributed by atoms with van der Waals surface area (Å²) in [7, 11) is -4.57. The Bertz CT molecular complexity index is 648. The molecule has 1 aromatic carbocycles. The number of nitrogens with one attached hydrogen (secondary N) is 1. The van der Waals surface area contributed by atoms with Crippen LogP contribution in [0.25, 0.3) is 0 Å². The van der Waals surface area contributed by atoms with Crippen LogP contribution in [0, 0.1) is 0 Å². The van der Waals surface area contributed by atoms with Crippen LogP contribution in [0.5, 0.6) is 5.75 Å². The van der Waals surface area contributed by atoms with Gasteiger partial charge >= 0.3 is 13.1 Å². The molecule has 114 valence electrons. The Morgan fingerprint density at radius 3 is 2.86 bits per heavy atom. The lowest BCUT2D eigenvalue weighted by atomic mass is 9.79. The van der Waals surface area contributed by atoms with E-state index in [4.69, 9.17) is 14.5 Å². The normalized spacial score (nSPS) is 17.6. The fraction of sp³-hybridized carbons (Fsp3) is 0.364.